The van der Waals surface area contributed by atoms with E-state index >= 15 is 0 Å². The quantitative estimate of drug-likeness (QED) is 0.300. The van der Waals surface area contributed by atoms with Crippen LogP contribution in [0.2, 0.25) is 0 Å². The van der Waals surface area contributed by atoms with E-state index in [1.165, 1.54) is 35.9 Å². The Morgan fingerprint density at radius 2 is 1.20 bits per heavy atom. The predicted molar refractivity (Wildman–Crippen MR) is 121 cm³/mol. The molecule has 3 heteroatoms. The van der Waals surface area contributed by atoms with E-state index in [1.807, 2.05) is 6.07 Å². The normalized spacial score (nSPS) is 9.33. The molecule has 0 fully saturated rings. The Morgan fingerprint density at radius 1 is 0.667 bits per heavy atom. The minimum absolute atomic E-state index is 0. The van der Waals surface area contributed by atoms with Gasteiger partial charge in [-0.2, -0.15) is 17.5 Å². The van der Waals surface area contributed by atoms with Gasteiger partial charge in [0.25, 0.3) is 0 Å². The average molecular weight is 511 g/mol. The molecule has 30 heavy (non-hydrogen) atoms. The molecule has 0 amide bonds. The number of halogens is 2. The Labute approximate surface area is 206 Å². The molecule has 0 aliphatic rings. The molecule has 0 N–H and O–H groups in total. The summed E-state index contributed by atoms with van der Waals surface area (Å²) in [5.74, 6) is 0. The fraction of sp³-hybridized carbons (Fsp3) is 0.0741. The molecule has 0 heterocycles. The van der Waals surface area contributed by atoms with Crippen LogP contribution in [0, 0.1) is 0 Å². The van der Waals surface area contributed by atoms with Crippen molar-refractivity contribution in [2.24, 2.45) is 0 Å². The van der Waals surface area contributed by atoms with Gasteiger partial charge in [0.05, 0.1) is 0 Å². The second kappa shape index (κ2) is 13.5. The molecule has 0 unspecified atom stereocenters. The first kappa shape index (κ1) is 26.2. The third-order valence-electron chi connectivity index (χ3n) is 4.27. The summed E-state index contributed by atoms with van der Waals surface area (Å²) >= 11 is 1.55. The zero-order valence-corrected chi connectivity index (χ0v) is 21.1. The van der Waals surface area contributed by atoms with Crippen molar-refractivity contribution < 1.29 is 49.0 Å². The minimum atomic E-state index is 0. The summed E-state index contributed by atoms with van der Waals surface area (Å²) in [5.41, 5.74) is 2.59. The van der Waals surface area contributed by atoms with Crippen molar-refractivity contribution in [3.8, 4) is 11.1 Å². The van der Waals surface area contributed by atoms with E-state index in [0.717, 1.165) is 0 Å². The average Bonchev–Trinajstić information content (AvgIpc) is 3.35. The molecule has 0 bridgehead atoms. The first-order chi connectivity index (χ1) is 13.6. The summed E-state index contributed by atoms with van der Waals surface area (Å²) in [6.07, 6.45) is 0. The molecule has 5 aromatic rings. The molecule has 0 saturated heterocycles. The van der Waals surface area contributed by atoms with Gasteiger partial charge >= 0.3 is 41.3 Å². The van der Waals surface area contributed by atoms with Gasteiger partial charge in [-0.3, -0.25) is 0 Å². The summed E-state index contributed by atoms with van der Waals surface area (Å²) in [5, 5.41) is 5.29. The predicted octanol–water partition coefficient (Wildman–Crippen LogP) is 1.54. The summed E-state index contributed by atoms with van der Waals surface area (Å²) < 4.78 is 1.51. The number of hydrogen-bond acceptors (Lipinski definition) is 0. The third-order valence-corrected chi connectivity index (χ3v) is 4.27. The summed E-state index contributed by atoms with van der Waals surface area (Å²) in [4.78, 5) is 0. The molecule has 0 aromatic heterocycles. The maximum Gasteiger partial charge on any atom is -0.0635 e. The van der Waals surface area contributed by atoms with Crippen LogP contribution in [0.4, 0.5) is 0 Å². The number of rotatable bonds is 1. The topological polar surface area (TPSA) is 0 Å². The van der Waals surface area contributed by atoms with Gasteiger partial charge in [-0.25, -0.2) is 0 Å². The van der Waals surface area contributed by atoms with E-state index in [2.05, 4.69) is 117 Å². The van der Waals surface area contributed by atoms with E-state index in [1.54, 1.807) is 24.2 Å². The first-order valence-corrected chi connectivity index (χ1v) is 10.7. The van der Waals surface area contributed by atoms with Gasteiger partial charge in [-0.05, 0) is 0 Å². The molecule has 5 aromatic carbocycles. The second-order valence-electron chi connectivity index (χ2n) is 6.89. The Balaban J connectivity index is 0.000000259. The van der Waals surface area contributed by atoms with Crippen molar-refractivity contribution in [2.75, 3.05) is 0 Å². The first-order valence-electron chi connectivity index (χ1n) is 9.46. The molecule has 0 nitrogen and oxygen atoms in total. The Kier molecular flexibility index (Phi) is 11.8. The van der Waals surface area contributed by atoms with E-state index in [4.69, 9.17) is 0 Å². The monoisotopic (exact) mass is 508 g/mol. The number of fused-ring (bicyclic) bond motifs is 2. The fourth-order valence-corrected chi connectivity index (χ4v) is 3.02. The van der Waals surface area contributed by atoms with Crippen molar-refractivity contribution >= 4 is 24.8 Å². The molecule has 5 rings (SSSR count). The maximum atomic E-state index is 2.24. The summed E-state index contributed by atoms with van der Waals surface area (Å²) in [6, 6.07) is 38.1. The molecule has 0 aliphatic carbocycles. The smallest absolute Gasteiger partial charge is 0.0635 e. The molecule has 0 saturated carbocycles. The third kappa shape index (κ3) is 7.80. The number of hydrogen-bond donors (Lipinski definition) is 0. The van der Waals surface area contributed by atoms with Crippen LogP contribution in [0.25, 0.3) is 32.7 Å². The van der Waals surface area contributed by atoms with Crippen molar-refractivity contribution in [1.29, 1.82) is 0 Å². The van der Waals surface area contributed by atoms with Crippen molar-refractivity contribution in [1.82, 2.24) is 0 Å². The molecule has 0 radical (unpaired) electrons. The van der Waals surface area contributed by atoms with Gasteiger partial charge in [-0.15, -0.1) is 64.2 Å². The van der Waals surface area contributed by atoms with Crippen molar-refractivity contribution in [3.63, 3.8) is 0 Å². The van der Waals surface area contributed by atoms with E-state index in [0.29, 0.717) is 0 Å². The van der Waals surface area contributed by atoms with Crippen LogP contribution in [-0.2, 0) is 24.2 Å². The minimum Gasteiger partial charge on any atom is -1.00 e. The van der Waals surface area contributed by atoms with Gasteiger partial charge < -0.3 is 24.8 Å². The second-order valence-corrected chi connectivity index (χ2v) is 9.35. The van der Waals surface area contributed by atoms with Crippen LogP contribution in [-0.4, -0.2) is 3.21 Å². The van der Waals surface area contributed by atoms with Crippen molar-refractivity contribution in [3.05, 3.63) is 109 Å². The molecule has 152 valence electrons. The zero-order valence-electron chi connectivity index (χ0n) is 17.1. The molecular formula is C27H24Cl2Zr-2. The van der Waals surface area contributed by atoms with Crippen LogP contribution in [0.1, 0.15) is 13.8 Å². The Bertz CT molecular complexity index is 1090. The van der Waals surface area contributed by atoms with Gasteiger partial charge in [0.1, 0.15) is 0 Å². The standard InChI is InChI=1S/C15H11.C9H7.C3H6.2ClH.Zr/c1-2-6-12(7-3-1)15-10-13-8-4-5-9-14(13)11-15;1-2-5-9-7-3-6-8(9)4-1;1-3-2;;;/h1-11H;1-7H;1-2H3;2*1H;/q2*-1;;;;+2/p-2. The van der Waals surface area contributed by atoms with Crippen LogP contribution in [0.3, 0.4) is 0 Å². The van der Waals surface area contributed by atoms with Gasteiger partial charge in [0, 0.05) is 0 Å². The van der Waals surface area contributed by atoms with Crippen LogP contribution >= 0.6 is 0 Å². The summed E-state index contributed by atoms with van der Waals surface area (Å²) in [6.45, 7) is 4.25. The van der Waals surface area contributed by atoms with E-state index in [-0.39, 0.29) is 24.8 Å². The van der Waals surface area contributed by atoms with Gasteiger partial charge in [-0.1, -0.05) is 60.2 Å². The Morgan fingerprint density at radius 3 is 1.80 bits per heavy atom. The summed E-state index contributed by atoms with van der Waals surface area (Å²) in [7, 11) is 0. The molecule has 0 spiro atoms. The fourth-order valence-electron chi connectivity index (χ4n) is 3.02. The van der Waals surface area contributed by atoms with Crippen LogP contribution in [0.15, 0.2) is 109 Å². The van der Waals surface area contributed by atoms with E-state index < -0.39 is 0 Å². The largest absolute Gasteiger partial charge is 1.00 e. The molecule has 0 aliphatic heterocycles. The van der Waals surface area contributed by atoms with Crippen molar-refractivity contribution in [2.45, 2.75) is 13.8 Å². The zero-order chi connectivity index (χ0) is 19.8. The maximum absolute atomic E-state index is 2.24. The van der Waals surface area contributed by atoms with Gasteiger partial charge in [0.2, 0.25) is 0 Å². The molecule has 0 atom stereocenters. The SMILES string of the molecule is C[C](C)=[Zr+2].[Cl-].[Cl-].c1ccc(-c2cc3ccccc3[cH-]2)cc1.c1ccc2[cH-]ccc2c1. The number of benzene rings is 3. The van der Waals surface area contributed by atoms with Crippen LogP contribution < -0.4 is 24.8 Å². The van der Waals surface area contributed by atoms with Gasteiger partial charge in [0.15, 0.2) is 0 Å². The van der Waals surface area contributed by atoms with E-state index in [9.17, 15) is 0 Å². The Hall–Kier alpha value is -1.79. The molecular weight excluding hydrogens is 486 g/mol. The van der Waals surface area contributed by atoms with Crippen LogP contribution in [0.5, 0.6) is 0 Å².